The average molecular weight is 384 g/mol. The van der Waals surface area contributed by atoms with Crippen LogP contribution in [-0.2, 0) is 19.7 Å². The Kier molecular flexibility index (Phi) is 4.27. The number of fused-ring (bicyclic) bond motifs is 1. The van der Waals surface area contributed by atoms with Gasteiger partial charge < -0.3 is 10.1 Å². The van der Waals surface area contributed by atoms with Gasteiger partial charge in [0, 0.05) is 16.3 Å². The summed E-state index contributed by atoms with van der Waals surface area (Å²) >= 11 is 5.91. The van der Waals surface area contributed by atoms with Crippen molar-refractivity contribution < 1.29 is 19.1 Å². The van der Waals surface area contributed by atoms with Crippen LogP contribution in [0.4, 0.5) is 5.69 Å². The quantitative estimate of drug-likeness (QED) is 0.628. The lowest BCUT2D eigenvalue weighted by molar-refractivity contribution is -0.145. The van der Waals surface area contributed by atoms with E-state index in [1.165, 1.54) is 0 Å². The molecule has 1 aliphatic heterocycles. The molecule has 1 atom stereocenters. The molecule has 1 saturated carbocycles. The Labute approximate surface area is 161 Å². The number of carbonyl (C=O) groups excluding carboxylic acids is 3. The molecule has 2 aromatic rings. The van der Waals surface area contributed by atoms with E-state index >= 15 is 0 Å². The molecule has 1 amide bonds. The summed E-state index contributed by atoms with van der Waals surface area (Å²) in [6.07, 6.45) is 1.40. The van der Waals surface area contributed by atoms with Crippen LogP contribution >= 0.6 is 11.6 Å². The number of Topliss-reactive ketones (excluding diaryl/α,β-unsaturated/α-hetero) is 1. The number of amides is 1. The van der Waals surface area contributed by atoms with Crippen LogP contribution in [0.2, 0.25) is 5.02 Å². The summed E-state index contributed by atoms with van der Waals surface area (Å²) in [6, 6.07) is 12.2. The minimum absolute atomic E-state index is 0.0836. The van der Waals surface area contributed by atoms with Gasteiger partial charge >= 0.3 is 5.97 Å². The first kappa shape index (κ1) is 17.7. The van der Waals surface area contributed by atoms with Crippen LogP contribution in [0.3, 0.4) is 0 Å². The molecular weight excluding hydrogens is 366 g/mol. The van der Waals surface area contributed by atoms with Gasteiger partial charge in [-0.15, -0.1) is 0 Å². The molecule has 1 aliphatic carbocycles. The highest BCUT2D eigenvalue weighted by Crippen LogP contribution is 2.49. The van der Waals surface area contributed by atoms with Crippen LogP contribution in [0.25, 0.3) is 0 Å². The average Bonchev–Trinajstić information content (AvgIpc) is 3.43. The highest BCUT2D eigenvalue weighted by molar-refractivity contribution is 6.30. The number of ketones is 1. The molecule has 5 nitrogen and oxygen atoms in total. The van der Waals surface area contributed by atoms with Gasteiger partial charge in [-0.2, -0.15) is 0 Å². The molecule has 4 rings (SSSR count). The van der Waals surface area contributed by atoms with Crippen LogP contribution in [0.5, 0.6) is 0 Å². The summed E-state index contributed by atoms with van der Waals surface area (Å²) in [6.45, 7) is 1.47. The number of hydrogen-bond donors (Lipinski definition) is 1. The molecule has 1 N–H and O–H groups in total. The van der Waals surface area contributed by atoms with Crippen LogP contribution in [0.15, 0.2) is 42.5 Å². The van der Waals surface area contributed by atoms with Gasteiger partial charge in [-0.25, -0.2) is 0 Å². The van der Waals surface area contributed by atoms with Crippen molar-refractivity contribution in [3.8, 4) is 0 Å². The van der Waals surface area contributed by atoms with Gasteiger partial charge in [0.2, 0.25) is 5.91 Å². The number of ether oxygens (including phenoxy) is 1. The molecule has 0 unspecified atom stereocenters. The first-order chi connectivity index (χ1) is 12.9. The molecule has 2 aromatic carbocycles. The molecule has 0 saturated heterocycles. The van der Waals surface area contributed by atoms with E-state index in [1.807, 2.05) is 12.1 Å². The molecule has 0 bridgehead atoms. The fourth-order valence-electron chi connectivity index (χ4n) is 3.45. The van der Waals surface area contributed by atoms with Crippen molar-refractivity contribution in [3.63, 3.8) is 0 Å². The standard InChI is InChI=1S/C21H18ClNO4/c1-12-16-10-13(2-7-17(16)23-19(12)25)18(24)11-27-20(26)21(8-9-21)14-3-5-15(22)6-4-14/h2-7,10,12H,8-9,11H2,1H3,(H,23,25)/t12-/m0/s1. The minimum atomic E-state index is -0.659. The van der Waals surface area contributed by atoms with Gasteiger partial charge in [0.15, 0.2) is 12.4 Å². The summed E-state index contributed by atoms with van der Waals surface area (Å²) in [5, 5.41) is 3.38. The van der Waals surface area contributed by atoms with E-state index in [4.69, 9.17) is 16.3 Å². The number of esters is 1. The number of nitrogens with one attached hydrogen (secondary N) is 1. The SMILES string of the molecule is C[C@@H]1C(=O)Nc2ccc(C(=O)COC(=O)C3(c4ccc(Cl)cc4)CC3)cc21. The number of halogens is 1. The van der Waals surface area contributed by atoms with Crippen molar-refractivity contribution in [2.75, 3.05) is 11.9 Å². The largest absolute Gasteiger partial charge is 0.457 e. The molecule has 27 heavy (non-hydrogen) atoms. The smallest absolute Gasteiger partial charge is 0.317 e. The Hall–Kier alpha value is -2.66. The third-order valence-electron chi connectivity index (χ3n) is 5.36. The monoisotopic (exact) mass is 383 g/mol. The lowest BCUT2D eigenvalue weighted by Gasteiger charge is -2.15. The Morgan fingerprint density at radius 1 is 1.19 bits per heavy atom. The number of rotatable bonds is 5. The summed E-state index contributed by atoms with van der Waals surface area (Å²) < 4.78 is 5.33. The topological polar surface area (TPSA) is 72.5 Å². The molecule has 6 heteroatoms. The Balaban J connectivity index is 1.43. The van der Waals surface area contributed by atoms with Gasteiger partial charge in [0.05, 0.1) is 11.3 Å². The normalized spacial score (nSPS) is 19.2. The van der Waals surface area contributed by atoms with Crippen molar-refractivity contribution >= 4 is 34.9 Å². The zero-order chi connectivity index (χ0) is 19.2. The van der Waals surface area contributed by atoms with E-state index < -0.39 is 5.41 Å². The molecule has 0 aromatic heterocycles. The Morgan fingerprint density at radius 3 is 2.56 bits per heavy atom. The summed E-state index contributed by atoms with van der Waals surface area (Å²) in [5.74, 6) is -1.05. The maximum absolute atomic E-state index is 12.6. The fraction of sp³-hybridized carbons (Fsp3) is 0.286. The van der Waals surface area contributed by atoms with E-state index in [0.29, 0.717) is 23.4 Å². The van der Waals surface area contributed by atoms with Gasteiger partial charge in [-0.3, -0.25) is 14.4 Å². The summed E-state index contributed by atoms with van der Waals surface area (Å²) in [7, 11) is 0. The third kappa shape index (κ3) is 3.12. The number of benzene rings is 2. The van der Waals surface area contributed by atoms with E-state index in [0.717, 1.165) is 16.8 Å². The molecule has 1 heterocycles. The minimum Gasteiger partial charge on any atom is -0.457 e. The molecule has 138 valence electrons. The molecule has 2 aliphatic rings. The van der Waals surface area contributed by atoms with Crippen molar-refractivity contribution in [2.45, 2.75) is 31.1 Å². The second-order valence-corrected chi connectivity index (χ2v) is 7.54. The van der Waals surface area contributed by atoms with E-state index in [-0.39, 0.29) is 30.2 Å². The lowest BCUT2D eigenvalue weighted by Crippen LogP contribution is -2.25. The third-order valence-corrected chi connectivity index (χ3v) is 5.62. The van der Waals surface area contributed by atoms with Crippen molar-refractivity contribution in [1.82, 2.24) is 0 Å². The molecule has 1 fully saturated rings. The van der Waals surface area contributed by atoms with Gasteiger partial charge in [-0.05, 0) is 61.2 Å². The Morgan fingerprint density at radius 2 is 1.89 bits per heavy atom. The van der Waals surface area contributed by atoms with Crippen LogP contribution in [0.1, 0.15) is 47.2 Å². The fourth-order valence-corrected chi connectivity index (χ4v) is 3.57. The first-order valence-corrected chi connectivity index (χ1v) is 9.20. The van der Waals surface area contributed by atoms with Gasteiger partial charge in [0.1, 0.15) is 0 Å². The summed E-state index contributed by atoms with van der Waals surface area (Å²) in [5.41, 5.74) is 2.15. The zero-order valence-electron chi connectivity index (χ0n) is 14.8. The zero-order valence-corrected chi connectivity index (χ0v) is 15.5. The van der Waals surface area contributed by atoms with Crippen LogP contribution < -0.4 is 5.32 Å². The highest BCUT2D eigenvalue weighted by Gasteiger charge is 2.52. The van der Waals surface area contributed by atoms with Crippen molar-refractivity contribution in [3.05, 3.63) is 64.2 Å². The van der Waals surface area contributed by atoms with Crippen LogP contribution in [0, 0.1) is 0 Å². The molecular formula is C21H18ClNO4. The highest BCUT2D eigenvalue weighted by atomic mass is 35.5. The van der Waals surface area contributed by atoms with Crippen LogP contribution in [-0.4, -0.2) is 24.3 Å². The predicted octanol–water partition coefficient (Wildman–Crippen LogP) is 3.85. The second kappa shape index (κ2) is 6.50. The number of hydrogen-bond acceptors (Lipinski definition) is 4. The maximum Gasteiger partial charge on any atom is 0.317 e. The number of carbonyl (C=O) groups is 3. The second-order valence-electron chi connectivity index (χ2n) is 7.10. The first-order valence-electron chi connectivity index (χ1n) is 8.82. The molecule has 0 radical (unpaired) electrons. The van der Waals surface area contributed by atoms with E-state index in [9.17, 15) is 14.4 Å². The van der Waals surface area contributed by atoms with Gasteiger partial charge in [0.25, 0.3) is 0 Å². The van der Waals surface area contributed by atoms with E-state index in [2.05, 4.69) is 5.32 Å². The van der Waals surface area contributed by atoms with Gasteiger partial charge in [-0.1, -0.05) is 23.7 Å². The summed E-state index contributed by atoms with van der Waals surface area (Å²) in [4.78, 5) is 36.8. The lowest BCUT2D eigenvalue weighted by atomic mass is 9.96. The predicted molar refractivity (Wildman–Crippen MR) is 101 cm³/mol. The molecule has 0 spiro atoms. The van der Waals surface area contributed by atoms with Crippen molar-refractivity contribution in [1.29, 1.82) is 0 Å². The Bertz CT molecular complexity index is 947. The number of anilines is 1. The van der Waals surface area contributed by atoms with E-state index in [1.54, 1.807) is 37.3 Å². The maximum atomic E-state index is 12.6. The van der Waals surface area contributed by atoms with Crippen molar-refractivity contribution in [2.24, 2.45) is 0 Å².